The largest absolute Gasteiger partial charge is 0.356 e. The molecule has 0 aromatic rings. The van der Waals surface area contributed by atoms with E-state index in [1.807, 2.05) is 0 Å². The van der Waals surface area contributed by atoms with Gasteiger partial charge in [0.25, 0.3) is 0 Å². The van der Waals surface area contributed by atoms with Crippen molar-refractivity contribution in [3.8, 4) is 0 Å². The molecule has 3 rings (SSSR count). The van der Waals surface area contributed by atoms with Crippen LogP contribution in [-0.4, -0.2) is 18.2 Å². The molecule has 1 saturated heterocycles. The summed E-state index contributed by atoms with van der Waals surface area (Å²) in [6, 6.07) is 0. The van der Waals surface area contributed by atoms with E-state index in [9.17, 15) is 9.59 Å². The summed E-state index contributed by atoms with van der Waals surface area (Å²) < 4.78 is 0. The van der Waals surface area contributed by atoms with Crippen LogP contribution < -0.4 is 5.32 Å². The number of hydrogen-bond acceptors (Lipinski definition) is 2. The van der Waals surface area contributed by atoms with E-state index in [1.165, 1.54) is 0 Å². The first-order valence-electron chi connectivity index (χ1n) is 5.06. The van der Waals surface area contributed by atoms with E-state index in [-0.39, 0.29) is 17.2 Å². The molecule has 1 N–H and O–H groups in total. The highest BCUT2D eigenvalue weighted by Gasteiger charge is 2.65. The van der Waals surface area contributed by atoms with Crippen molar-refractivity contribution in [3.63, 3.8) is 0 Å². The minimum absolute atomic E-state index is 0.0813. The lowest BCUT2D eigenvalue weighted by Gasteiger charge is -2.53. The second kappa shape index (κ2) is 2.14. The van der Waals surface area contributed by atoms with Gasteiger partial charge in [0.2, 0.25) is 5.91 Å². The summed E-state index contributed by atoms with van der Waals surface area (Å²) in [6.45, 7) is 0.812. The molecule has 2 saturated carbocycles. The Bertz CT molecular complexity index is 299. The zero-order chi connectivity index (χ0) is 9.05. The highest BCUT2D eigenvalue weighted by molar-refractivity contribution is 5.97. The summed E-state index contributed by atoms with van der Waals surface area (Å²) in [7, 11) is 0. The molecule has 0 bridgehead atoms. The molecule has 3 heteroatoms. The Hall–Kier alpha value is -0.860. The Morgan fingerprint density at radius 3 is 2.92 bits per heavy atom. The average molecular weight is 179 g/mol. The van der Waals surface area contributed by atoms with Crippen molar-refractivity contribution in [3.05, 3.63) is 0 Å². The number of piperidine rings is 1. The Morgan fingerprint density at radius 1 is 1.38 bits per heavy atom. The number of carbonyl (C=O) groups is 2. The predicted molar refractivity (Wildman–Crippen MR) is 45.9 cm³/mol. The van der Waals surface area contributed by atoms with Crippen LogP contribution in [0.1, 0.15) is 25.7 Å². The number of carbonyl (C=O) groups excluding carboxylic acids is 2. The van der Waals surface area contributed by atoms with Crippen molar-refractivity contribution in [1.29, 1.82) is 0 Å². The molecule has 1 heterocycles. The number of nitrogens with one attached hydrogen (secondary N) is 1. The van der Waals surface area contributed by atoms with Crippen molar-refractivity contribution < 1.29 is 9.59 Å². The molecule has 13 heavy (non-hydrogen) atoms. The Labute approximate surface area is 76.9 Å². The quantitative estimate of drug-likeness (QED) is 0.588. The topological polar surface area (TPSA) is 46.2 Å². The zero-order valence-corrected chi connectivity index (χ0v) is 7.51. The van der Waals surface area contributed by atoms with E-state index < -0.39 is 0 Å². The molecule has 0 aromatic carbocycles. The number of Topliss-reactive ketones (excluding diaryl/α,β-unsaturated/α-hetero) is 1. The van der Waals surface area contributed by atoms with Gasteiger partial charge in [0, 0.05) is 18.9 Å². The Morgan fingerprint density at radius 2 is 2.23 bits per heavy atom. The maximum atomic E-state index is 11.7. The van der Waals surface area contributed by atoms with Gasteiger partial charge >= 0.3 is 0 Å². The monoisotopic (exact) mass is 179 g/mol. The fraction of sp³-hybridized carbons (Fsp3) is 0.800. The first-order chi connectivity index (χ1) is 6.25. The van der Waals surface area contributed by atoms with Gasteiger partial charge in [0.05, 0.1) is 5.41 Å². The molecule has 0 radical (unpaired) electrons. The van der Waals surface area contributed by atoms with Crippen molar-refractivity contribution in [2.75, 3.05) is 6.54 Å². The molecule has 1 amide bonds. The molecule has 1 spiro atoms. The van der Waals surface area contributed by atoms with Gasteiger partial charge in [-0.05, 0) is 25.2 Å². The van der Waals surface area contributed by atoms with Gasteiger partial charge in [0.15, 0.2) is 0 Å². The molecule has 3 atom stereocenters. The van der Waals surface area contributed by atoms with Gasteiger partial charge in [0.1, 0.15) is 5.78 Å². The molecule has 1 aliphatic heterocycles. The SMILES string of the molecule is O=C1CCC23C(=O)NCCC2CC13. The normalized spacial score (nSPS) is 47.7. The maximum absolute atomic E-state index is 11.7. The second-order valence-electron chi connectivity index (χ2n) is 4.54. The van der Waals surface area contributed by atoms with Gasteiger partial charge in [-0.2, -0.15) is 0 Å². The van der Waals surface area contributed by atoms with E-state index in [4.69, 9.17) is 0 Å². The molecule has 0 aromatic heterocycles. The van der Waals surface area contributed by atoms with Crippen LogP contribution in [0.5, 0.6) is 0 Å². The molecule has 3 nitrogen and oxygen atoms in total. The average Bonchev–Trinajstić information content (AvgIpc) is 2.29. The molecule has 3 aliphatic rings. The number of ketones is 1. The van der Waals surface area contributed by atoms with Crippen molar-refractivity contribution in [2.24, 2.45) is 17.3 Å². The molecule has 3 fully saturated rings. The first kappa shape index (κ1) is 7.54. The van der Waals surface area contributed by atoms with Crippen LogP contribution in [-0.2, 0) is 9.59 Å². The van der Waals surface area contributed by atoms with E-state index in [2.05, 4.69) is 5.32 Å². The van der Waals surface area contributed by atoms with Crippen molar-refractivity contribution >= 4 is 11.7 Å². The number of rotatable bonds is 0. The summed E-state index contributed by atoms with van der Waals surface area (Å²) in [4.78, 5) is 23.2. The third-order valence-electron chi connectivity index (χ3n) is 4.25. The third-order valence-corrected chi connectivity index (χ3v) is 4.25. The van der Waals surface area contributed by atoms with Gasteiger partial charge in [-0.15, -0.1) is 0 Å². The maximum Gasteiger partial charge on any atom is 0.227 e. The first-order valence-corrected chi connectivity index (χ1v) is 5.06. The number of hydrogen-bond donors (Lipinski definition) is 1. The van der Waals surface area contributed by atoms with Crippen LogP contribution in [0.4, 0.5) is 0 Å². The Kier molecular flexibility index (Phi) is 1.24. The molecular formula is C10H13NO2. The second-order valence-corrected chi connectivity index (χ2v) is 4.54. The van der Waals surface area contributed by atoms with Gasteiger partial charge in [-0.1, -0.05) is 0 Å². The fourth-order valence-corrected chi connectivity index (χ4v) is 3.49. The van der Waals surface area contributed by atoms with Gasteiger partial charge in [-0.25, -0.2) is 0 Å². The lowest BCUT2D eigenvalue weighted by molar-refractivity contribution is -0.158. The Balaban J connectivity index is 2.00. The predicted octanol–water partition coefficient (Wildman–Crippen LogP) is 0.492. The standard InChI is InChI=1S/C10H13NO2/c12-8-1-3-10-6(5-7(8)10)2-4-11-9(10)13/h6-7H,1-5H2,(H,11,13). The van der Waals surface area contributed by atoms with Crippen LogP contribution in [0, 0.1) is 17.3 Å². The highest BCUT2D eigenvalue weighted by atomic mass is 16.2. The van der Waals surface area contributed by atoms with Crippen LogP contribution in [0.3, 0.4) is 0 Å². The van der Waals surface area contributed by atoms with Crippen LogP contribution in [0.2, 0.25) is 0 Å². The third kappa shape index (κ3) is 0.675. The van der Waals surface area contributed by atoms with E-state index in [0.717, 1.165) is 25.8 Å². The highest BCUT2D eigenvalue weighted by Crippen LogP contribution is 2.61. The summed E-state index contributed by atoms with van der Waals surface area (Å²) in [5, 5.41) is 2.90. The minimum atomic E-state index is -0.241. The summed E-state index contributed by atoms with van der Waals surface area (Å²) in [6.07, 6.45) is 3.50. The molecular weight excluding hydrogens is 166 g/mol. The van der Waals surface area contributed by atoms with Crippen molar-refractivity contribution in [1.82, 2.24) is 5.32 Å². The van der Waals surface area contributed by atoms with E-state index in [1.54, 1.807) is 0 Å². The summed E-state index contributed by atoms with van der Waals surface area (Å²) in [5.74, 6) is 1.08. The smallest absolute Gasteiger partial charge is 0.227 e. The fourth-order valence-electron chi connectivity index (χ4n) is 3.49. The lowest BCUT2D eigenvalue weighted by Crippen LogP contribution is -2.61. The van der Waals surface area contributed by atoms with Crippen molar-refractivity contribution in [2.45, 2.75) is 25.7 Å². The molecule has 70 valence electrons. The summed E-state index contributed by atoms with van der Waals surface area (Å²) in [5.41, 5.74) is -0.241. The lowest BCUT2D eigenvalue weighted by atomic mass is 9.51. The van der Waals surface area contributed by atoms with Crippen LogP contribution in [0.15, 0.2) is 0 Å². The zero-order valence-electron chi connectivity index (χ0n) is 7.51. The van der Waals surface area contributed by atoms with Gasteiger partial charge < -0.3 is 5.32 Å². The van der Waals surface area contributed by atoms with Gasteiger partial charge in [-0.3, -0.25) is 9.59 Å². The summed E-state index contributed by atoms with van der Waals surface area (Å²) >= 11 is 0. The molecule has 2 aliphatic carbocycles. The minimum Gasteiger partial charge on any atom is -0.356 e. The van der Waals surface area contributed by atoms with E-state index in [0.29, 0.717) is 18.1 Å². The molecule has 3 unspecified atom stereocenters. The van der Waals surface area contributed by atoms with Crippen LogP contribution >= 0.6 is 0 Å². The number of amides is 1. The van der Waals surface area contributed by atoms with Crippen LogP contribution in [0.25, 0.3) is 0 Å². The van der Waals surface area contributed by atoms with E-state index >= 15 is 0 Å².